The number of ether oxygens (including phenoxy) is 1. The highest BCUT2D eigenvalue weighted by Crippen LogP contribution is 2.23. The molecule has 2 atom stereocenters. The van der Waals surface area contributed by atoms with Crippen LogP contribution in [0.1, 0.15) is 26.2 Å². The molecule has 0 aromatic rings. The van der Waals surface area contributed by atoms with Crippen molar-refractivity contribution in [3.63, 3.8) is 0 Å². The average Bonchev–Trinajstić information content (AvgIpc) is 2.36. The van der Waals surface area contributed by atoms with Crippen LogP contribution in [-0.4, -0.2) is 55.4 Å². The lowest BCUT2D eigenvalue weighted by atomic mass is 10.1. The Balaban J connectivity index is 2.91. The van der Waals surface area contributed by atoms with Crippen LogP contribution in [0.4, 0.5) is 0 Å². The van der Waals surface area contributed by atoms with E-state index in [2.05, 4.69) is 4.74 Å². The summed E-state index contributed by atoms with van der Waals surface area (Å²) < 4.78 is 30.0. The Hall–Kier alpha value is -0.660. The van der Waals surface area contributed by atoms with Gasteiger partial charge in [-0.25, -0.2) is 8.42 Å². The Morgan fingerprint density at radius 2 is 2.18 bits per heavy atom. The smallest absolute Gasteiger partial charge is 0.325 e. The maximum atomic E-state index is 12.2. The molecule has 1 aliphatic heterocycles. The van der Waals surface area contributed by atoms with Crippen molar-refractivity contribution in [2.24, 2.45) is 0 Å². The summed E-state index contributed by atoms with van der Waals surface area (Å²) in [6, 6.07) is -0.416. The second-order valence-electron chi connectivity index (χ2n) is 4.15. The van der Waals surface area contributed by atoms with Crippen LogP contribution in [0.15, 0.2) is 0 Å². The summed E-state index contributed by atoms with van der Waals surface area (Å²) in [6.07, 6.45) is 2.27. The first kappa shape index (κ1) is 14.4. The lowest BCUT2D eigenvalue weighted by molar-refractivity contribution is -0.139. The summed E-state index contributed by atoms with van der Waals surface area (Å²) in [4.78, 5) is 11.3. The van der Waals surface area contributed by atoms with E-state index < -0.39 is 27.3 Å². The molecule has 1 rings (SSSR count). The van der Waals surface area contributed by atoms with E-state index in [4.69, 9.17) is 0 Å². The van der Waals surface area contributed by atoms with Gasteiger partial charge in [0.25, 0.3) is 0 Å². The molecule has 1 N–H and O–H groups in total. The standard InChI is InChI=1S/C10H19NO5S/c1-8(10(13)16-2)17(14,15)11-6-4-3-5-9(11)7-12/h8-9,12H,3-7H2,1-2H3. The number of sulfonamides is 1. The second-order valence-corrected chi connectivity index (χ2v) is 6.36. The summed E-state index contributed by atoms with van der Waals surface area (Å²) in [7, 11) is -2.58. The molecule has 1 saturated heterocycles. The topological polar surface area (TPSA) is 83.9 Å². The van der Waals surface area contributed by atoms with Crippen LogP contribution < -0.4 is 0 Å². The van der Waals surface area contributed by atoms with E-state index in [1.807, 2.05) is 0 Å². The number of piperidine rings is 1. The number of rotatable bonds is 4. The van der Waals surface area contributed by atoms with Crippen LogP contribution >= 0.6 is 0 Å². The monoisotopic (exact) mass is 265 g/mol. The zero-order valence-corrected chi connectivity index (χ0v) is 10.9. The Labute approximate surface area is 102 Å². The molecule has 0 radical (unpaired) electrons. The Morgan fingerprint density at radius 3 is 2.71 bits per heavy atom. The Kier molecular flexibility index (Phi) is 4.91. The van der Waals surface area contributed by atoms with Crippen molar-refractivity contribution < 1.29 is 23.1 Å². The lowest BCUT2D eigenvalue weighted by Gasteiger charge is -2.34. The Bertz CT molecular complexity index is 367. The van der Waals surface area contributed by atoms with Crippen LogP contribution in [-0.2, 0) is 19.6 Å². The molecule has 1 aliphatic rings. The van der Waals surface area contributed by atoms with Crippen molar-refractivity contribution in [1.82, 2.24) is 4.31 Å². The Morgan fingerprint density at radius 1 is 1.53 bits per heavy atom. The number of esters is 1. The lowest BCUT2D eigenvalue weighted by Crippen LogP contribution is -2.50. The van der Waals surface area contributed by atoms with E-state index >= 15 is 0 Å². The van der Waals surface area contributed by atoms with Gasteiger partial charge in [-0.3, -0.25) is 4.79 Å². The molecule has 0 aromatic carbocycles. The molecule has 0 aliphatic carbocycles. The van der Waals surface area contributed by atoms with Crippen molar-refractivity contribution >= 4 is 16.0 Å². The van der Waals surface area contributed by atoms with Gasteiger partial charge in [-0.05, 0) is 19.8 Å². The van der Waals surface area contributed by atoms with Gasteiger partial charge in [0.1, 0.15) is 0 Å². The number of methoxy groups -OCH3 is 1. The van der Waals surface area contributed by atoms with Crippen molar-refractivity contribution in [3.05, 3.63) is 0 Å². The van der Waals surface area contributed by atoms with E-state index in [9.17, 15) is 18.3 Å². The SMILES string of the molecule is COC(=O)C(C)S(=O)(=O)N1CCCCC1CO. The first-order chi connectivity index (χ1) is 7.95. The van der Waals surface area contributed by atoms with Gasteiger partial charge in [0.05, 0.1) is 13.7 Å². The van der Waals surface area contributed by atoms with Crippen LogP contribution in [0, 0.1) is 0 Å². The van der Waals surface area contributed by atoms with Gasteiger partial charge in [0.15, 0.2) is 5.25 Å². The normalized spacial score (nSPS) is 24.3. The molecule has 6 nitrogen and oxygen atoms in total. The highest BCUT2D eigenvalue weighted by atomic mass is 32.2. The molecule has 0 saturated carbocycles. The largest absolute Gasteiger partial charge is 0.468 e. The third kappa shape index (κ3) is 2.97. The third-order valence-corrected chi connectivity index (χ3v) is 5.31. The number of carbonyl (C=O) groups excluding carboxylic acids is 1. The van der Waals surface area contributed by atoms with Gasteiger partial charge in [-0.2, -0.15) is 4.31 Å². The summed E-state index contributed by atoms with van der Waals surface area (Å²) in [5.74, 6) is -0.771. The number of aliphatic hydroxyl groups is 1. The van der Waals surface area contributed by atoms with E-state index in [-0.39, 0.29) is 6.61 Å². The summed E-state index contributed by atoms with van der Waals surface area (Å²) in [5, 5.41) is 7.96. The molecule has 0 spiro atoms. The first-order valence-electron chi connectivity index (χ1n) is 5.64. The second kappa shape index (κ2) is 5.79. The molecule has 0 bridgehead atoms. The van der Waals surface area contributed by atoms with Crippen LogP contribution in [0.3, 0.4) is 0 Å². The maximum Gasteiger partial charge on any atom is 0.325 e. The fourth-order valence-corrected chi connectivity index (χ4v) is 3.70. The number of aliphatic hydroxyl groups excluding tert-OH is 1. The number of carbonyl (C=O) groups is 1. The van der Waals surface area contributed by atoms with E-state index in [1.54, 1.807) is 0 Å². The van der Waals surface area contributed by atoms with E-state index in [0.717, 1.165) is 20.0 Å². The maximum absolute atomic E-state index is 12.2. The highest BCUT2D eigenvalue weighted by Gasteiger charge is 2.39. The number of hydrogen-bond donors (Lipinski definition) is 1. The van der Waals surface area contributed by atoms with Gasteiger partial charge in [0, 0.05) is 12.6 Å². The average molecular weight is 265 g/mol. The predicted octanol–water partition coefficient (Wildman–Crippen LogP) is -0.276. The fraction of sp³-hybridized carbons (Fsp3) is 0.900. The highest BCUT2D eigenvalue weighted by molar-refractivity contribution is 7.90. The minimum absolute atomic E-state index is 0.215. The zero-order chi connectivity index (χ0) is 13.1. The van der Waals surface area contributed by atoms with Gasteiger partial charge >= 0.3 is 5.97 Å². The number of hydrogen-bond acceptors (Lipinski definition) is 5. The minimum Gasteiger partial charge on any atom is -0.468 e. The molecule has 100 valence electrons. The molecular formula is C10H19NO5S. The van der Waals surface area contributed by atoms with Gasteiger partial charge in [-0.1, -0.05) is 6.42 Å². The predicted molar refractivity (Wildman–Crippen MR) is 61.8 cm³/mol. The molecule has 7 heteroatoms. The van der Waals surface area contributed by atoms with Crippen molar-refractivity contribution in [1.29, 1.82) is 0 Å². The van der Waals surface area contributed by atoms with E-state index in [1.165, 1.54) is 11.2 Å². The van der Waals surface area contributed by atoms with Crippen LogP contribution in [0.5, 0.6) is 0 Å². The summed E-state index contributed by atoms with van der Waals surface area (Å²) in [5.41, 5.74) is 0. The molecule has 2 unspecified atom stereocenters. The zero-order valence-electron chi connectivity index (χ0n) is 10.1. The van der Waals surface area contributed by atoms with Crippen molar-refractivity contribution in [2.45, 2.75) is 37.5 Å². The molecular weight excluding hydrogens is 246 g/mol. The van der Waals surface area contributed by atoms with Crippen molar-refractivity contribution in [3.8, 4) is 0 Å². The van der Waals surface area contributed by atoms with Crippen LogP contribution in [0.2, 0.25) is 0 Å². The number of nitrogens with zero attached hydrogens (tertiary/aromatic N) is 1. The van der Waals surface area contributed by atoms with E-state index in [0.29, 0.717) is 13.0 Å². The first-order valence-corrected chi connectivity index (χ1v) is 7.14. The molecule has 1 heterocycles. The van der Waals surface area contributed by atoms with Gasteiger partial charge < -0.3 is 9.84 Å². The quantitative estimate of drug-likeness (QED) is 0.707. The van der Waals surface area contributed by atoms with Crippen molar-refractivity contribution in [2.75, 3.05) is 20.3 Å². The molecule has 17 heavy (non-hydrogen) atoms. The third-order valence-electron chi connectivity index (χ3n) is 3.09. The van der Waals surface area contributed by atoms with Gasteiger partial charge in [0.2, 0.25) is 10.0 Å². The molecule has 1 fully saturated rings. The fourth-order valence-electron chi connectivity index (χ4n) is 1.98. The van der Waals surface area contributed by atoms with Crippen LogP contribution in [0.25, 0.3) is 0 Å². The summed E-state index contributed by atoms with van der Waals surface area (Å²) in [6.45, 7) is 1.45. The minimum atomic E-state index is -3.74. The summed E-state index contributed by atoms with van der Waals surface area (Å²) >= 11 is 0. The van der Waals surface area contributed by atoms with Gasteiger partial charge in [-0.15, -0.1) is 0 Å². The molecule has 0 amide bonds. The molecule has 0 aromatic heterocycles.